The number of epoxide rings is 1. The smallest absolute Gasteiger partial charge is 0.330 e. The Morgan fingerprint density at radius 1 is 1.22 bits per heavy atom. The summed E-state index contributed by atoms with van der Waals surface area (Å²) in [6, 6.07) is 8.67. The zero-order valence-corrected chi connectivity index (χ0v) is 15.7. The van der Waals surface area contributed by atoms with Gasteiger partial charge >= 0.3 is 11.9 Å². The maximum Gasteiger partial charge on any atom is 0.330 e. The van der Waals surface area contributed by atoms with Crippen LogP contribution in [-0.4, -0.2) is 43.7 Å². The fourth-order valence-electron chi connectivity index (χ4n) is 2.59. The normalized spacial score (nSPS) is 19.6. The van der Waals surface area contributed by atoms with Crippen molar-refractivity contribution in [2.45, 2.75) is 38.5 Å². The molecular weight excluding hydrogens is 350 g/mol. The van der Waals surface area contributed by atoms with Gasteiger partial charge in [0.1, 0.15) is 18.8 Å². The number of methoxy groups -OCH3 is 1. The molecule has 0 radical (unpaired) electrons. The number of amides is 1. The summed E-state index contributed by atoms with van der Waals surface area (Å²) in [7, 11) is 1.26. The van der Waals surface area contributed by atoms with Crippen molar-refractivity contribution in [3.63, 3.8) is 0 Å². The molecule has 2 unspecified atom stereocenters. The molecule has 7 heteroatoms. The topological polar surface area (TPSA) is 94.2 Å². The van der Waals surface area contributed by atoms with Crippen LogP contribution in [0, 0.1) is 5.92 Å². The highest BCUT2D eigenvalue weighted by Crippen LogP contribution is 2.38. The van der Waals surface area contributed by atoms with Crippen LogP contribution >= 0.6 is 0 Å². The van der Waals surface area contributed by atoms with Gasteiger partial charge in [0.25, 0.3) is 5.91 Å². The number of hydrogen-bond acceptors (Lipinski definition) is 6. The molecule has 2 rings (SSSR count). The molecule has 1 saturated heterocycles. The molecule has 1 aliphatic heterocycles. The van der Waals surface area contributed by atoms with E-state index in [1.54, 1.807) is 0 Å². The van der Waals surface area contributed by atoms with E-state index in [-0.39, 0.29) is 24.5 Å². The van der Waals surface area contributed by atoms with E-state index in [0.29, 0.717) is 6.42 Å². The second-order valence-corrected chi connectivity index (χ2v) is 6.63. The quantitative estimate of drug-likeness (QED) is 0.403. The Labute approximate surface area is 158 Å². The molecule has 1 aromatic rings. The monoisotopic (exact) mass is 375 g/mol. The highest BCUT2D eigenvalue weighted by atomic mass is 16.6. The van der Waals surface area contributed by atoms with Crippen molar-refractivity contribution in [2.75, 3.05) is 13.7 Å². The van der Waals surface area contributed by atoms with Gasteiger partial charge in [-0.2, -0.15) is 0 Å². The Balaban J connectivity index is 1.88. The van der Waals surface area contributed by atoms with Crippen molar-refractivity contribution in [3.8, 4) is 0 Å². The van der Waals surface area contributed by atoms with Crippen LogP contribution in [0.4, 0.5) is 0 Å². The summed E-state index contributed by atoms with van der Waals surface area (Å²) < 4.78 is 15.0. The first-order valence-electron chi connectivity index (χ1n) is 8.84. The standard InChI is InChI=1S/C20H25NO6/c1-13(2)12-15(20(24)26-11-7-10-16(22)25-3)21-19(23)18-17(27-18)14-8-5-4-6-9-14/h4-10,13,15,17-18H,11-12H2,1-3H3,(H,21,23)/b10-7+/t15-,17?,18?/m0/s1. The first-order chi connectivity index (χ1) is 12.9. The molecule has 0 aromatic heterocycles. The van der Waals surface area contributed by atoms with Crippen LogP contribution in [0.5, 0.6) is 0 Å². The highest BCUT2D eigenvalue weighted by Gasteiger charge is 2.47. The molecule has 1 aliphatic rings. The Morgan fingerprint density at radius 2 is 1.93 bits per heavy atom. The van der Waals surface area contributed by atoms with Gasteiger partial charge in [0, 0.05) is 6.08 Å². The van der Waals surface area contributed by atoms with E-state index in [4.69, 9.17) is 9.47 Å². The minimum atomic E-state index is -0.773. The van der Waals surface area contributed by atoms with Crippen molar-refractivity contribution in [3.05, 3.63) is 48.0 Å². The van der Waals surface area contributed by atoms with Gasteiger partial charge < -0.3 is 19.5 Å². The molecule has 146 valence electrons. The van der Waals surface area contributed by atoms with Crippen LogP contribution in [-0.2, 0) is 28.6 Å². The lowest BCUT2D eigenvalue weighted by atomic mass is 10.0. The average molecular weight is 375 g/mol. The third-order valence-electron chi connectivity index (χ3n) is 3.96. The summed E-state index contributed by atoms with van der Waals surface area (Å²) in [5.74, 6) is -1.24. The largest absolute Gasteiger partial charge is 0.466 e. The Morgan fingerprint density at radius 3 is 2.56 bits per heavy atom. The van der Waals surface area contributed by atoms with Crippen molar-refractivity contribution < 1.29 is 28.6 Å². The average Bonchev–Trinajstić information content (AvgIpc) is 3.45. The van der Waals surface area contributed by atoms with Gasteiger partial charge in [-0.15, -0.1) is 0 Å². The van der Waals surface area contributed by atoms with Gasteiger partial charge in [0.15, 0.2) is 6.10 Å². The van der Waals surface area contributed by atoms with Crippen molar-refractivity contribution in [1.29, 1.82) is 0 Å². The molecule has 1 fully saturated rings. The third kappa shape index (κ3) is 6.53. The molecule has 1 N–H and O–H groups in total. The fraction of sp³-hybridized carbons (Fsp3) is 0.450. The Kier molecular flexibility index (Phi) is 7.55. The molecule has 7 nitrogen and oxygen atoms in total. The summed E-state index contributed by atoms with van der Waals surface area (Å²) in [4.78, 5) is 35.7. The fourth-order valence-corrected chi connectivity index (χ4v) is 2.59. The molecule has 1 amide bonds. The number of carbonyl (C=O) groups excluding carboxylic acids is 3. The second-order valence-electron chi connectivity index (χ2n) is 6.63. The first-order valence-corrected chi connectivity index (χ1v) is 8.84. The maximum atomic E-state index is 12.4. The van der Waals surface area contributed by atoms with Crippen LogP contribution in [0.2, 0.25) is 0 Å². The van der Waals surface area contributed by atoms with E-state index in [0.717, 1.165) is 5.56 Å². The van der Waals surface area contributed by atoms with Gasteiger partial charge in [0.05, 0.1) is 7.11 Å². The predicted molar refractivity (Wildman–Crippen MR) is 97.6 cm³/mol. The maximum absolute atomic E-state index is 12.4. The van der Waals surface area contributed by atoms with Crippen LogP contribution in [0.3, 0.4) is 0 Å². The summed E-state index contributed by atoms with van der Waals surface area (Å²) >= 11 is 0. The van der Waals surface area contributed by atoms with Crippen LogP contribution in [0.25, 0.3) is 0 Å². The van der Waals surface area contributed by atoms with Gasteiger partial charge in [-0.05, 0) is 24.0 Å². The second kappa shape index (κ2) is 9.87. The van der Waals surface area contributed by atoms with E-state index in [1.165, 1.54) is 19.3 Å². The minimum Gasteiger partial charge on any atom is -0.466 e. The van der Waals surface area contributed by atoms with E-state index in [1.807, 2.05) is 44.2 Å². The van der Waals surface area contributed by atoms with Crippen molar-refractivity contribution in [1.82, 2.24) is 5.32 Å². The zero-order chi connectivity index (χ0) is 19.8. The molecule has 0 aliphatic carbocycles. The minimum absolute atomic E-state index is 0.0784. The van der Waals surface area contributed by atoms with Crippen molar-refractivity contribution >= 4 is 17.8 Å². The lowest BCUT2D eigenvalue weighted by Crippen LogP contribution is -2.44. The van der Waals surface area contributed by atoms with E-state index in [2.05, 4.69) is 10.1 Å². The zero-order valence-electron chi connectivity index (χ0n) is 15.7. The lowest BCUT2D eigenvalue weighted by molar-refractivity contribution is -0.147. The van der Waals surface area contributed by atoms with Gasteiger partial charge in [0.2, 0.25) is 0 Å². The van der Waals surface area contributed by atoms with Gasteiger partial charge in [-0.1, -0.05) is 44.2 Å². The molecule has 0 bridgehead atoms. The van der Waals surface area contributed by atoms with E-state index >= 15 is 0 Å². The molecular formula is C20H25NO6. The third-order valence-corrected chi connectivity index (χ3v) is 3.96. The summed E-state index contributed by atoms with van der Waals surface area (Å²) in [6.07, 6.45) is 2.10. The van der Waals surface area contributed by atoms with Crippen LogP contribution in [0.1, 0.15) is 31.9 Å². The van der Waals surface area contributed by atoms with E-state index < -0.39 is 24.1 Å². The van der Waals surface area contributed by atoms with Crippen LogP contribution in [0.15, 0.2) is 42.5 Å². The number of esters is 2. The number of carbonyl (C=O) groups is 3. The number of hydrogen-bond donors (Lipinski definition) is 1. The van der Waals surface area contributed by atoms with E-state index in [9.17, 15) is 14.4 Å². The molecule has 1 heterocycles. The predicted octanol–water partition coefficient (Wildman–Crippen LogP) is 1.93. The summed E-state index contributed by atoms with van der Waals surface area (Å²) in [6.45, 7) is 3.82. The molecule has 27 heavy (non-hydrogen) atoms. The molecule has 3 atom stereocenters. The Bertz CT molecular complexity index is 685. The molecule has 0 saturated carbocycles. The van der Waals surface area contributed by atoms with Gasteiger partial charge in [-0.3, -0.25) is 4.79 Å². The van der Waals surface area contributed by atoms with Gasteiger partial charge in [-0.25, -0.2) is 9.59 Å². The SMILES string of the molecule is COC(=O)/C=C/COC(=O)[C@H](CC(C)C)NC(=O)C1OC1c1ccccc1. The molecule has 0 spiro atoms. The first kappa shape index (κ1) is 20.6. The van der Waals surface area contributed by atoms with Crippen molar-refractivity contribution in [2.24, 2.45) is 5.92 Å². The molecule has 1 aromatic carbocycles. The highest BCUT2D eigenvalue weighted by molar-refractivity contribution is 5.89. The summed E-state index contributed by atoms with van der Waals surface area (Å²) in [5, 5.41) is 2.72. The number of ether oxygens (including phenoxy) is 3. The Hall–Kier alpha value is -2.67. The number of nitrogens with one attached hydrogen (secondary N) is 1. The lowest BCUT2D eigenvalue weighted by Gasteiger charge is -2.18. The number of benzene rings is 1. The summed E-state index contributed by atoms with van der Waals surface area (Å²) in [5.41, 5.74) is 0.925. The van der Waals surface area contributed by atoms with Crippen LogP contribution < -0.4 is 5.32 Å². The number of rotatable bonds is 9.